The molecule has 0 spiro atoms. The Morgan fingerprint density at radius 1 is 1.19 bits per heavy atom. The maximum atomic E-state index is 6.49. The van der Waals surface area contributed by atoms with Crippen LogP contribution in [0.4, 0.5) is 11.5 Å². The first-order valence-electron chi connectivity index (χ1n) is 7.97. The lowest BCUT2D eigenvalue weighted by atomic mass is 10.1. The summed E-state index contributed by atoms with van der Waals surface area (Å²) >= 11 is 14.6. The number of nitrogens with zero attached hydrogens (tertiary/aromatic N) is 4. The van der Waals surface area contributed by atoms with Crippen molar-refractivity contribution in [3.63, 3.8) is 0 Å². The molecule has 132 valence electrons. The van der Waals surface area contributed by atoms with Gasteiger partial charge in [-0.2, -0.15) is 0 Å². The molecule has 0 radical (unpaired) electrons. The van der Waals surface area contributed by atoms with Gasteiger partial charge in [0.15, 0.2) is 0 Å². The van der Waals surface area contributed by atoms with Crippen molar-refractivity contribution < 1.29 is 0 Å². The number of nitrogens with two attached hydrogens (primary N) is 1. The van der Waals surface area contributed by atoms with Crippen molar-refractivity contribution in [1.82, 2.24) is 15.0 Å². The van der Waals surface area contributed by atoms with E-state index in [2.05, 4.69) is 19.9 Å². The van der Waals surface area contributed by atoms with Crippen molar-refractivity contribution in [2.24, 2.45) is 5.73 Å². The highest BCUT2D eigenvalue weighted by atomic mass is 35.5. The van der Waals surface area contributed by atoms with E-state index in [9.17, 15) is 0 Å². The average Bonchev–Trinajstić information content (AvgIpc) is 3.00. The minimum absolute atomic E-state index is 0.161. The lowest BCUT2D eigenvalue weighted by Crippen LogP contribution is -2.20. The van der Waals surface area contributed by atoms with E-state index in [1.54, 1.807) is 18.0 Å². The molecule has 2 N–H and O–H groups in total. The first kappa shape index (κ1) is 17.5. The second-order valence-electron chi connectivity index (χ2n) is 5.91. The molecule has 1 aliphatic heterocycles. The standard InChI is InChI=1S/C18H15Cl2N5S/c1-10(21)13-7-16(24-9-23-13)25-14-5-6-22-8-15(14)26-18(25)17-11(19)3-2-4-12(17)20/h2-10,18H,21H2,1H3/t10?,18-/m1/s1. The number of hydrogen-bond donors (Lipinski definition) is 1. The fraction of sp³-hybridized carbons (Fsp3) is 0.167. The third-order valence-electron chi connectivity index (χ3n) is 4.13. The number of fused-ring (bicyclic) bond motifs is 1. The maximum absolute atomic E-state index is 6.49. The molecule has 26 heavy (non-hydrogen) atoms. The molecule has 1 unspecified atom stereocenters. The van der Waals surface area contributed by atoms with Crippen molar-refractivity contribution in [3.8, 4) is 0 Å². The summed E-state index contributed by atoms with van der Waals surface area (Å²) in [6.45, 7) is 1.89. The van der Waals surface area contributed by atoms with Crippen LogP contribution in [-0.4, -0.2) is 15.0 Å². The molecule has 1 aliphatic rings. The molecule has 8 heteroatoms. The molecule has 0 saturated carbocycles. The van der Waals surface area contributed by atoms with Gasteiger partial charge in [-0.3, -0.25) is 4.98 Å². The minimum atomic E-state index is -0.189. The van der Waals surface area contributed by atoms with Crippen LogP contribution in [0.3, 0.4) is 0 Å². The number of hydrogen-bond acceptors (Lipinski definition) is 6. The van der Waals surface area contributed by atoms with E-state index in [1.807, 2.05) is 43.5 Å². The number of thioether (sulfide) groups is 1. The minimum Gasteiger partial charge on any atom is -0.323 e. The number of halogens is 2. The van der Waals surface area contributed by atoms with E-state index >= 15 is 0 Å². The topological polar surface area (TPSA) is 67.9 Å². The van der Waals surface area contributed by atoms with Crippen LogP contribution >= 0.6 is 35.0 Å². The molecule has 3 aromatic rings. The van der Waals surface area contributed by atoms with Crippen LogP contribution in [0, 0.1) is 0 Å². The molecular formula is C18H15Cl2N5S. The molecule has 3 heterocycles. The van der Waals surface area contributed by atoms with Gasteiger partial charge in [0.2, 0.25) is 0 Å². The van der Waals surface area contributed by atoms with E-state index < -0.39 is 0 Å². The Kier molecular flexibility index (Phi) is 4.75. The van der Waals surface area contributed by atoms with E-state index in [0.717, 1.165) is 27.7 Å². The molecule has 0 saturated heterocycles. The lowest BCUT2D eigenvalue weighted by Gasteiger charge is -2.27. The maximum Gasteiger partial charge on any atom is 0.137 e. The van der Waals surface area contributed by atoms with Crippen LogP contribution in [0.25, 0.3) is 0 Å². The fourth-order valence-corrected chi connectivity index (χ4v) is 4.96. The van der Waals surface area contributed by atoms with Crippen LogP contribution < -0.4 is 10.6 Å². The molecule has 0 amide bonds. The normalized spacial score (nSPS) is 17.2. The zero-order chi connectivity index (χ0) is 18.3. The fourth-order valence-electron chi connectivity index (χ4n) is 2.88. The van der Waals surface area contributed by atoms with Gasteiger partial charge in [0, 0.05) is 40.1 Å². The zero-order valence-corrected chi connectivity index (χ0v) is 16.1. The molecule has 4 rings (SSSR count). The van der Waals surface area contributed by atoms with Gasteiger partial charge in [-0.25, -0.2) is 9.97 Å². The third-order valence-corrected chi connectivity index (χ3v) is 6.03. The highest BCUT2D eigenvalue weighted by Crippen LogP contribution is 2.56. The first-order valence-corrected chi connectivity index (χ1v) is 9.61. The van der Waals surface area contributed by atoms with Crippen LogP contribution in [0.1, 0.15) is 29.6 Å². The predicted molar refractivity (Wildman–Crippen MR) is 106 cm³/mol. The highest BCUT2D eigenvalue weighted by molar-refractivity contribution is 8.00. The molecule has 2 aromatic heterocycles. The van der Waals surface area contributed by atoms with Gasteiger partial charge in [-0.15, -0.1) is 0 Å². The summed E-state index contributed by atoms with van der Waals surface area (Å²) in [5.74, 6) is 0.741. The Bertz CT molecular complexity index is 946. The van der Waals surface area contributed by atoms with Gasteiger partial charge < -0.3 is 10.6 Å². The Labute approximate surface area is 165 Å². The molecule has 5 nitrogen and oxygen atoms in total. The van der Waals surface area contributed by atoms with Crippen LogP contribution in [0.5, 0.6) is 0 Å². The number of pyridine rings is 1. The molecular weight excluding hydrogens is 389 g/mol. The van der Waals surface area contributed by atoms with Crippen LogP contribution in [0.15, 0.2) is 53.9 Å². The summed E-state index contributed by atoms with van der Waals surface area (Å²) < 4.78 is 0. The van der Waals surface area contributed by atoms with E-state index in [-0.39, 0.29) is 11.4 Å². The van der Waals surface area contributed by atoms with Crippen LogP contribution in [0.2, 0.25) is 10.0 Å². The summed E-state index contributed by atoms with van der Waals surface area (Å²) in [7, 11) is 0. The van der Waals surface area contributed by atoms with Gasteiger partial charge in [-0.1, -0.05) is 41.0 Å². The smallest absolute Gasteiger partial charge is 0.137 e. The highest BCUT2D eigenvalue weighted by Gasteiger charge is 2.36. The van der Waals surface area contributed by atoms with Gasteiger partial charge in [0.05, 0.1) is 16.3 Å². The van der Waals surface area contributed by atoms with Crippen LogP contribution in [-0.2, 0) is 0 Å². The predicted octanol–water partition coefficient (Wildman–Crippen LogP) is 5.14. The quantitative estimate of drug-likeness (QED) is 0.652. The lowest BCUT2D eigenvalue weighted by molar-refractivity contribution is 0.770. The van der Waals surface area contributed by atoms with E-state index in [1.165, 1.54) is 6.33 Å². The summed E-state index contributed by atoms with van der Waals surface area (Å²) in [4.78, 5) is 16.1. The Morgan fingerprint density at radius 2 is 1.96 bits per heavy atom. The second kappa shape index (κ2) is 7.04. The second-order valence-corrected chi connectivity index (χ2v) is 7.85. The average molecular weight is 404 g/mol. The van der Waals surface area contributed by atoms with E-state index in [4.69, 9.17) is 28.9 Å². The molecule has 1 aromatic carbocycles. The van der Waals surface area contributed by atoms with Crippen molar-refractivity contribution in [3.05, 3.63) is 70.4 Å². The Morgan fingerprint density at radius 3 is 2.69 bits per heavy atom. The summed E-state index contributed by atoms with van der Waals surface area (Å²) in [5.41, 5.74) is 8.62. The number of benzene rings is 1. The SMILES string of the molecule is CC(N)c1cc(N2c3ccncc3S[C@@H]2c2c(Cl)cccc2Cl)ncn1. The molecule has 0 bridgehead atoms. The molecule has 0 aliphatic carbocycles. The summed E-state index contributed by atoms with van der Waals surface area (Å²) in [6.07, 6.45) is 5.13. The Balaban J connectivity index is 1.89. The zero-order valence-electron chi connectivity index (χ0n) is 13.8. The third kappa shape index (κ3) is 3.03. The summed E-state index contributed by atoms with van der Waals surface area (Å²) in [5, 5.41) is 1.07. The van der Waals surface area contributed by atoms with Crippen molar-refractivity contribution >= 4 is 46.5 Å². The number of rotatable bonds is 3. The first-order chi connectivity index (χ1) is 12.6. The molecule has 2 atom stereocenters. The van der Waals surface area contributed by atoms with Gasteiger partial charge in [0.1, 0.15) is 17.5 Å². The van der Waals surface area contributed by atoms with Crippen molar-refractivity contribution in [2.75, 3.05) is 4.90 Å². The van der Waals surface area contributed by atoms with Gasteiger partial charge in [-0.05, 0) is 25.1 Å². The monoisotopic (exact) mass is 403 g/mol. The Hall–Kier alpha value is -1.86. The van der Waals surface area contributed by atoms with Crippen molar-refractivity contribution in [2.45, 2.75) is 23.2 Å². The van der Waals surface area contributed by atoms with Gasteiger partial charge >= 0.3 is 0 Å². The molecule has 0 fully saturated rings. The van der Waals surface area contributed by atoms with E-state index in [0.29, 0.717) is 10.0 Å². The largest absolute Gasteiger partial charge is 0.323 e. The summed E-state index contributed by atoms with van der Waals surface area (Å²) in [6, 6.07) is 9.20. The number of aromatic nitrogens is 3. The van der Waals surface area contributed by atoms with Gasteiger partial charge in [0.25, 0.3) is 0 Å². The van der Waals surface area contributed by atoms with Crippen molar-refractivity contribution in [1.29, 1.82) is 0 Å². The number of anilines is 2.